The molecule has 0 saturated heterocycles. The van der Waals surface area contributed by atoms with E-state index in [1.807, 2.05) is 14.0 Å². The van der Waals surface area contributed by atoms with E-state index in [-0.39, 0.29) is 6.03 Å². The topological polar surface area (TPSA) is 50.8 Å². The van der Waals surface area contributed by atoms with Gasteiger partial charge >= 0.3 is 6.03 Å². The van der Waals surface area contributed by atoms with Crippen molar-refractivity contribution in [2.45, 2.75) is 58.0 Å². The third kappa shape index (κ3) is 10.4. The maximum Gasteiger partial charge on any atom is 0.317 e. The predicted octanol–water partition coefficient (Wildman–Crippen LogP) is 3.50. The highest BCUT2D eigenvalue weighted by Crippen LogP contribution is 2.13. The van der Waals surface area contributed by atoms with Crippen LogP contribution in [0, 0.1) is 0 Å². The molecular weight excluding hydrogens is 312 g/mol. The third-order valence-electron chi connectivity index (χ3n) is 3.94. The van der Waals surface area contributed by atoms with Gasteiger partial charge in [-0.3, -0.25) is 0 Å². The van der Waals surface area contributed by atoms with Crippen molar-refractivity contribution >= 4 is 22.7 Å². The SMILES string of the molecule is CCO[Si](C)(C)CCCNC(=O)N(C)CCC[Si](C)(C)OC. The maximum absolute atomic E-state index is 12.0. The van der Waals surface area contributed by atoms with Gasteiger partial charge in [-0.15, -0.1) is 0 Å². The van der Waals surface area contributed by atoms with Gasteiger partial charge in [-0.1, -0.05) is 0 Å². The summed E-state index contributed by atoms with van der Waals surface area (Å²) in [6.07, 6.45) is 1.99. The van der Waals surface area contributed by atoms with E-state index in [1.54, 1.807) is 12.0 Å². The normalized spacial score (nSPS) is 12.3. The molecule has 0 spiro atoms. The van der Waals surface area contributed by atoms with E-state index in [9.17, 15) is 4.79 Å². The molecule has 0 heterocycles. The summed E-state index contributed by atoms with van der Waals surface area (Å²) in [7, 11) is 0.614. The Bertz CT molecular complexity index is 326. The summed E-state index contributed by atoms with van der Waals surface area (Å²) in [5.41, 5.74) is 0. The van der Waals surface area contributed by atoms with Crippen LogP contribution in [-0.2, 0) is 8.85 Å². The maximum atomic E-state index is 12.0. The number of carbonyl (C=O) groups is 1. The van der Waals surface area contributed by atoms with Gasteiger partial charge in [0.25, 0.3) is 0 Å². The second-order valence-corrected chi connectivity index (χ2v) is 15.8. The van der Waals surface area contributed by atoms with Crippen LogP contribution in [-0.4, -0.2) is 61.4 Å². The van der Waals surface area contributed by atoms with Crippen molar-refractivity contribution in [1.82, 2.24) is 10.2 Å². The van der Waals surface area contributed by atoms with E-state index in [0.29, 0.717) is 0 Å². The highest BCUT2D eigenvalue weighted by Gasteiger charge is 2.22. The lowest BCUT2D eigenvalue weighted by atomic mass is 10.4. The molecule has 0 fully saturated rings. The van der Waals surface area contributed by atoms with Gasteiger partial charge in [0.1, 0.15) is 0 Å². The van der Waals surface area contributed by atoms with Gasteiger partial charge in [0.2, 0.25) is 0 Å². The van der Waals surface area contributed by atoms with Crippen LogP contribution in [0.5, 0.6) is 0 Å². The van der Waals surface area contributed by atoms with Crippen molar-refractivity contribution < 1.29 is 13.6 Å². The van der Waals surface area contributed by atoms with Gasteiger partial charge in [-0.25, -0.2) is 4.79 Å². The van der Waals surface area contributed by atoms with Crippen LogP contribution in [0.1, 0.15) is 19.8 Å². The molecule has 2 amide bonds. The molecule has 0 rings (SSSR count). The lowest BCUT2D eigenvalue weighted by Crippen LogP contribution is -2.39. The Balaban J connectivity index is 3.83. The molecule has 0 radical (unpaired) electrons. The van der Waals surface area contributed by atoms with E-state index in [1.165, 1.54) is 0 Å². The number of hydrogen-bond acceptors (Lipinski definition) is 3. The molecule has 0 aliphatic rings. The Kier molecular flexibility index (Phi) is 10.2. The van der Waals surface area contributed by atoms with E-state index >= 15 is 0 Å². The molecule has 7 heteroatoms. The molecule has 1 N–H and O–H groups in total. The average molecular weight is 349 g/mol. The number of amides is 2. The molecule has 0 unspecified atom stereocenters. The Morgan fingerprint density at radius 3 is 2.23 bits per heavy atom. The number of nitrogens with one attached hydrogen (secondary N) is 1. The fourth-order valence-electron chi connectivity index (χ4n) is 2.25. The largest absolute Gasteiger partial charge is 0.420 e. The zero-order valence-corrected chi connectivity index (χ0v) is 17.6. The number of urea groups is 1. The van der Waals surface area contributed by atoms with Crippen LogP contribution in [0.4, 0.5) is 4.79 Å². The summed E-state index contributed by atoms with van der Waals surface area (Å²) >= 11 is 0. The van der Waals surface area contributed by atoms with Crippen molar-refractivity contribution in [3.05, 3.63) is 0 Å². The Morgan fingerprint density at radius 1 is 1.09 bits per heavy atom. The predicted molar refractivity (Wildman–Crippen MR) is 98.5 cm³/mol. The van der Waals surface area contributed by atoms with Gasteiger partial charge < -0.3 is 19.1 Å². The molecule has 132 valence electrons. The van der Waals surface area contributed by atoms with Crippen molar-refractivity contribution in [2.24, 2.45) is 0 Å². The molecule has 22 heavy (non-hydrogen) atoms. The molecule has 0 aromatic rings. The summed E-state index contributed by atoms with van der Waals surface area (Å²) in [5.74, 6) is 0. The molecule has 0 atom stereocenters. The van der Waals surface area contributed by atoms with Crippen molar-refractivity contribution in [3.63, 3.8) is 0 Å². The minimum absolute atomic E-state index is 0.0211. The highest BCUT2D eigenvalue weighted by atomic mass is 28.4. The average Bonchev–Trinajstić information content (AvgIpc) is 2.43. The first kappa shape index (κ1) is 21.6. The molecule has 0 aliphatic carbocycles. The van der Waals surface area contributed by atoms with Crippen LogP contribution in [0.15, 0.2) is 0 Å². The van der Waals surface area contributed by atoms with Gasteiger partial charge in [0.15, 0.2) is 16.6 Å². The van der Waals surface area contributed by atoms with E-state index in [0.717, 1.165) is 44.6 Å². The lowest BCUT2D eigenvalue weighted by Gasteiger charge is -2.23. The van der Waals surface area contributed by atoms with Crippen LogP contribution >= 0.6 is 0 Å². The summed E-state index contributed by atoms with van der Waals surface area (Å²) in [6.45, 7) is 13.2. The van der Waals surface area contributed by atoms with Crippen LogP contribution in [0.25, 0.3) is 0 Å². The van der Waals surface area contributed by atoms with Crippen LogP contribution in [0.3, 0.4) is 0 Å². The number of carbonyl (C=O) groups excluding carboxylic acids is 1. The summed E-state index contributed by atoms with van der Waals surface area (Å²) in [6, 6.07) is 2.18. The molecule has 0 aliphatic heterocycles. The highest BCUT2D eigenvalue weighted by molar-refractivity contribution is 6.71. The smallest absolute Gasteiger partial charge is 0.317 e. The van der Waals surface area contributed by atoms with Gasteiger partial charge in [0, 0.05) is 33.9 Å². The third-order valence-corrected chi connectivity index (χ3v) is 9.23. The number of rotatable bonds is 11. The molecular formula is C15H36N2O3Si2. The number of hydrogen-bond donors (Lipinski definition) is 1. The van der Waals surface area contributed by atoms with Gasteiger partial charge in [-0.05, 0) is 58.0 Å². The summed E-state index contributed by atoms with van der Waals surface area (Å²) in [4.78, 5) is 13.8. The van der Waals surface area contributed by atoms with Crippen LogP contribution in [0.2, 0.25) is 38.3 Å². The summed E-state index contributed by atoms with van der Waals surface area (Å²) < 4.78 is 11.3. The van der Waals surface area contributed by atoms with Gasteiger partial charge in [-0.2, -0.15) is 0 Å². The van der Waals surface area contributed by atoms with Crippen molar-refractivity contribution in [3.8, 4) is 0 Å². The first-order valence-electron chi connectivity index (χ1n) is 8.31. The summed E-state index contributed by atoms with van der Waals surface area (Å²) in [5, 5.41) is 2.99. The minimum Gasteiger partial charge on any atom is -0.420 e. The van der Waals surface area contributed by atoms with E-state index < -0.39 is 16.6 Å². The van der Waals surface area contributed by atoms with E-state index in [2.05, 4.69) is 31.5 Å². The second kappa shape index (κ2) is 10.4. The fourth-order valence-corrected chi connectivity index (χ4v) is 5.42. The zero-order chi connectivity index (χ0) is 17.2. The van der Waals surface area contributed by atoms with Crippen LogP contribution < -0.4 is 5.32 Å². The Morgan fingerprint density at radius 2 is 1.68 bits per heavy atom. The first-order chi connectivity index (χ1) is 10.1. The van der Waals surface area contributed by atoms with Gasteiger partial charge in [0.05, 0.1) is 0 Å². The second-order valence-electron chi connectivity index (χ2n) is 7.02. The fraction of sp³-hybridized carbons (Fsp3) is 0.933. The van der Waals surface area contributed by atoms with E-state index in [4.69, 9.17) is 8.85 Å². The first-order valence-corrected chi connectivity index (χ1v) is 14.5. The molecule has 0 saturated carbocycles. The molecule has 0 aromatic carbocycles. The van der Waals surface area contributed by atoms with Crippen molar-refractivity contribution in [1.29, 1.82) is 0 Å². The Labute approximate surface area is 139 Å². The lowest BCUT2D eigenvalue weighted by molar-refractivity contribution is 0.208. The molecule has 0 aromatic heterocycles. The standard InChI is InChI=1S/C15H36N2O3Si2/c1-8-20-22(6,7)13-9-11-16-15(18)17(2)12-10-14-21(4,5)19-3/h8-14H2,1-7H3,(H,16,18). The minimum atomic E-state index is -1.52. The molecule has 5 nitrogen and oxygen atoms in total. The zero-order valence-electron chi connectivity index (χ0n) is 15.6. The quantitative estimate of drug-likeness (QED) is 0.459. The molecule has 0 bridgehead atoms. The number of nitrogens with zero attached hydrogens (tertiary/aromatic N) is 1. The Hall–Kier alpha value is -0.376. The monoisotopic (exact) mass is 348 g/mol. The van der Waals surface area contributed by atoms with Crippen molar-refractivity contribution in [2.75, 3.05) is 33.9 Å².